The summed E-state index contributed by atoms with van der Waals surface area (Å²) in [6, 6.07) is 12.9. The van der Waals surface area contributed by atoms with Crippen molar-refractivity contribution in [2.45, 2.75) is 36.2 Å². The van der Waals surface area contributed by atoms with Gasteiger partial charge in [0.15, 0.2) is 0 Å². The van der Waals surface area contributed by atoms with E-state index in [0.717, 1.165) is 16.0 Å². The number of aliphatic hydroxyl groups excluding tert-OH is 1. The molecule has 0 bridgehead atoms. The number of pyridine rings is 2. The molecule has 0 aliphatic carbocycles. The summed E-state index contributed by atoms with van der Waals surface area (Å²) in [6.45, 7) is 1.65. The number of methoxy groups -OCH3 is 1. The number of rotatable bonds is 7. The number of nitrogens with zero attached hydrogens (tertiary/aromatic N) is 3. The predicted molar refractivity (Wildman–Crippen MR) is 133 cm³/mol. The van der Waals surface area contributed by atoms with Gasteiger partial charge in [-0.1, -0.05) is 18.2 Å². The number of benzene rings is 1. The van der Waals surface area contributed by atoms with Crippen molar-refractivity contribution in [3.05, 3.63) is 53.7 Å². The number of halogens is 1. The zero-order chi connectivity index (χ0) is 24.4. The summed E-state index contributed by atoms with van der Waals surface area (Å²) in [5.74, 6) is 1.40. The highest BCUT2D eigenvalue weighted by atomic mass is 32.2. The van der Waals surface area contributed by atoms with Gasteiger partial charge in [0.2, 0.25) is 11.8 Å². The first-order valence-corrected chi connectivity index (χ1v) is 12.6. The van der Waals surface area contributed by atoms with Crippen LogP contribution in [-0.4, -0.2) is 70.6 Å². The van der Waals surface area contributed by atoms with Crippen molar-refractivity contribution in [2.24, 2.45) is 0 Å². The molecule has 3 atom stereocenters. The second-order valence-electron chi connectivity index (χ2n) is 8.83. The van der Waals surface area contributed by atoms with Gasteiger partial charge in [-0.25, -0.2) is 14.4 Å². The molecule has 1 fully saturated rings. The van der Waals surface area contributed by atoms with Crippen molar-refractivity contribution < 1.29 is 19.0 Å². The molecule has 2 aromatic heterocycles. The Kier molecular flexibility index (Phi) is 7.14. The lowest BCUT2D eigenvalue weighted by Gasteiger charge is -2.36. The predicted octanol–water partition coefficient (Wildman–Crippen LogP) is 2.92. The molecule has 2 aliphatic rings. The average Bonchev–Trinajstić information content (AvgIpc) is 2.87. The van der Waals surface area contributed by atoms with Crippen LogP contribution in [0, 0.1) is 0 Å². The van der Waals surface area contributed by atoms with Gasteiger partial charge in [0, 0.05) is 42.7 Å². The van der Waals surface area contributed by atoms with Crippen LogP contribution in [0.2, 0.25) is 0 Å². The molecule has 0 spiro atoms. The first kappa shape index (κ1) is 23.9. The maximum absolute atomic E-state index is 15.0. The van der Waals surface area contributed by atoms with Gasteiger partial charge in [-0.05, 0) is 31.2 Å². The second kappa shape index (κ2) is 10.4. The second-order valence-corrected chi connectivity index (χ2v) is 9.84. The largest absolute Gasteiger partial charge is 0.481 e. The molecule has 35 heavy (non-hydrogen) atoms. The number of anilines is 1. The summed E-state index contributed by atoms with van der Waals surface area (Å²) in [5.41, 5.74) is 2.16. The zero-order valence-corrected chi connectivity index (χ0v) is 20.2. The van der Waals surface area contributed by atoms with E-state index in [1.54, 1.807) is 13.2 Å². The summed E-state index contributed by atoms with van der Waals surface area (Å²) in [5, 5.41) is 17.9. The maximum atomic E-state index is 15.0. The first-order valence-electron chi connectivity index (χ1n) is 11.6. The van der Waals surface area contributed by atoms with Crippen LogP contribution >= 0.6 is 11.8 Å². The van der Waals surface area contributed by atoms with E-state index in [0.29, 0.717) is 54.6 Å². The van der Waals surface area contributed by atoms with Crippen molar-refractivity contribution in [3.63, 3.8) is 0 Å². The van der Waals surface area contributed by atoms with Crippen molar-refractivity contribution >= 4 is 34.4 Å². The Balaban J connectivity index is 1.17. The Labute approximate surface area is 207 Å². The number of ether oxygens (including phenoxy) is 1. The Bertz CT molecular complexity index is 1230. The summed E-state index contributed by atoms with van der Waals surface area (Å²) in [4.78, 5) is 23.5. The number of amides is 1. The minimum atomic E-state index is -1.07. The number of piperidine rings is 1. The van der Waals surface area contributed by atoms with E-state index < -0.39 is 12.3 Å². The van der Waals surface area contributed by atoms with Gasteiger partial charge in [0.05, 0.1) is 35.1 Å². The molecule has 0 saturated carbocycles. The lowest BCUT2D eigenvalue weighted by molar-refractivity contribution is -0.113. The molecule has 4 heterocycles. The van der Waals surface area contributed by atoms with Crippen LogP contribution in [0.4, 0.5) is 10.2 Å². The molecule has 5 rings (SSSR count). The number of para-hydroxylation sites is 1. The van der Waals surface area contributed by atoms with E-state index in [1.165, 1.54) is 11.8 Å². The Morgan fingerprint density at radius 1 is 1.29 bits per heavy atom. The van der Waals surface area contributed by atoms with Gasteiger partial charge in [-0.2, -0.15) is 0 Å². The molecular formula is C25H28FN5O3S. The lowest BCUT2D eigenvalue weighted by atomic mass is 10.0. The number of thioether (sulfide) groups is 1. The molecule has 3 aromatic rings. The number of aliphatic hydroxyl groups is 1. The third kappa shape index (κ3) is 5.40. The minimum absolute atomic E-state index is 0.0584. The normalized spacial score (nSPS) is 21.4. The molecule has 8 nitrogen and oxygen atoms in total. The van der Waals surface area contributed by atoms with Crippen LogP contribution in [0.1, 0.15) is 23.8 Å². The fourth-order valence-electron chi connectivity index (χ4n) is 4.58. The third-order valence-electron chi connectivity index (χ3n) is 6.43. The number of aromatic nitrogens is 2. The van der Waals surface area contributed by atoms with E-state index in [2.05, 4.69) is 20.6 Å². The van der Waals surface area contributed by atoms with Crippen LogP contribution in [0.25, 0.3) is 10.9 Å². The van der Waals surface area contributed by atoms with Gasteiger partial charge in [0.25, 0.3) is 0 Å². The van der Waals surface area contributed by atoms with Crippen molar-refractivity contribution in [2.75, 3.05) is 37.8 Å². The topological polar surface area (TPSA) is 99.6 Å². The molecule has 0 radical (unpaired) electrons. The molecular weight excluding hydrogens is 469 g/mol. The SMILES string of the molecule is COc1ccc2cccc([C@@H](O)CN3CC[C@@H](NCc4ccc5c(n4)NC(=O)CS5)[C@@H](F)C3)c2n1. The van der Waals surface area contributed by atoms with Crippen LogP contribution < -0.4 is 15.4 Å². The van der Waals surface area contributed by atoms with E-state index in [1.807, 2.05) is 41.3 Å². The molecule has 1 saturated heterocycles. The average molecular weight is 498 g/mol. The monoisotopic (exact) mass is 497 g/mol. The van der Waals surface area contributed by atoms with E-state index in [4.69, 9.17) is 4.74 Å². The molecule has 184 valence electrons. The van der Waals surface area contributed by atoms with Gasteiger partial charge in [-0.3, -0.25) is 9.69 Å². The number of likely N-dealkylation sites (tertiary alicyclic amines) is 1. The number of hydrogen-bond acceptors (Lipinski definition) is 8. The van der Waals surface area contributed by atoms with Gasteiger partial charge in [0.1, 0.15) is 12.0 Å². The molecule has 3 N–H and O–H groups in total. The minimum Gasteiger partial charge on any atom is -0.481 e. The Morgan fingerprint density at radius 2 is 2.17 bits per heavy atom. The number of β-amino-alcohol motifs (C(OH)–C–C–N with tert-alkyl or cyclic N) is 1. The standard InChI is InChI=1S/C25H28FN5O3S/c1-34-23-8-5-15-3-2-4-17(24(15)30-23)20(32)13-31-10-9-19(18(26)12-31)27-11-16-6-7-21-25(28-16)29-22(33)14-35-21/h2-8,18-20,27,32H,9-14H2,1H3,(H,28,29,33)/t18-,19+,20-/m0/s1. The van der Waals surface area contributed by atoms with Crippen molar-refractivity contribution in [1.82, 2.24) is 20.2 Å². The molecule has 10 heteroatoms. The summed E-state index contributed by atoms with van der Waals surface area (Å²) < 4.78 is 20.3. The molecule has 2 aliphatic heterocycles. The van der Waals surface area contributed by atoms with Crippen molar-refractivity contribution in [1.29, 1.82) is 0 Å². The number of fused-ring (bicyclic) bond motifs is 2. The molecule has 1 amide bonds. The highest BCUT2D eigenvalue weighted by Crippen LogP contribution is 2.30. The smallest absolute Gasteiger partial charge is 0.235 e. The number of hydrogen-bond donors (Lipinski definition) is 3. The van der Waals surface area contributed by atoms with E-state index in [-0.39, 0.29) is 18.5 Å². The summed E-state index contributed by atoms with van der Waals surface area (Å²) in [7, 11) is 1.56. The lowest BCUT2D eigenvalue weighted by Crippen LogP contribution is -2.51. The Morgan fingerprint density at radius 3 is 3.00 bits per heavy atom. The van der Waals surface area contributed by atoms with E-state index >= 15 is 4.39 Å². The molecule has 1 aromatic carbocycles. The van der Waals surface area contributed by atoms with Crippen molar-refractivity contribution in [3.8, 4) is 5.88 Å². The first-order chi connectivity index (χ1) is 17.0. The molecule has 0 unspecified atom stereocenters. The number of carbonyl (C=O) groups is 1. The van der Waals surface area contributed by atoms with Crippen LogP contribution in [0.3, 0.4) is 0 Å². The zero-order valence-electron chi connectivity index (χ0n) is 19.4. The number of alkyl halides is 1. The van der Waals surface area contributed by atoms with Gasteiger partial charge < -0.3 is 20.5 Å². The third-order valence-corrected chi connectivity index (χ3v) is 7.48. The fraction of sp³-hybridized carbons (Fsp3) is 0.400. The van der Waals surface area contributed by atoms with Crippen LogP contribution in [0.15, 0.2) is 47.4 Å². The number of carbonyl (C=O) groups excluding carboxylic acids is 1. The summed E-state index contributed by atoms with van der Waals surface area (Å²) in [6.07, 6.45) is -1.25. The number of nitrogens with one attached hydrogen (secondary N) is 2. The fourth-order valence-corrected chi connectivity index (χ4v) is 5.34. The highest BCUT2D eigenvalue weighted by Gasteiger charge is 2.30. The van der Waals surface area contributed by atoms with Crippen LogP contribution in [-0.2, 0) is 11.3 Å². The quantitative estimate of drug-likeness (QED) is 0.458. The van der Waals surface area contributed by atoms with Gasteiger partial charge in [-0.15, -0.1) is 11.8 Å². The maximum Gasteiger partial charge on any atom is 0.235 e. The highest BCUT2D eigenvalue weighted by molar-refractivity contribution is 8.00. The summed E-state index contributed by atoms with van der Waals surface area (Å²) >= 11 is 1.47. The van der Waals surface area contributed by atoms with Crippen LogP contribution in [0.5, 0.6) is 5.88 Å². The van der Waals surface area contributed by atoms with Gasteiger partial charge >= 0.3 is 0 Å². The Hall–Kier alpha value is -2.79. The van der Waals surface area contributed by atoms with E-state index in [9.17, 15) is 9.90 Å².